The summed E-state index contributed by atoms with van der Waals surface area (Å²) < 4.78 is 26.6. The molecule has 5 aromatic rings. The Balaban J connectivity index is 1.60. The van der Waals surface area contributed by atoms with E-state index in [1.807, 2.05) is 38.4 Å². The number of nitrogens with one attached hydrogen (secondary N) is 2. The molecule has 2 N–H and O–H groups in total. The number of H-pyrrole nitrogens is 1. The molecule has 5 rings (SSSR count). The molecule has 0 aliphatic rings. The van der Waals surface area contributed by atoms with Crippen LogP contribution >= 0.6 is 0 Å². The van der Waals surface area contributed by atoms with Gasteiger partial charge in [0.1, 0.15) is 17.0 Å². The molecule has 0 saturated carbocycles. The van der Waals surface area contributed by atoms with Crippen LogP contribution in [0.2, 0.25) is 0 Å². The summed E-state index contributed by atoms with van der Waals surface area (Å²) in [6.45, 7) is 3.30. The fourth-order valence-corrected chi connectivity index (χ4v) is 4.08. The highest BCUT2D eigenvalue weighted by Crippen LogP contribution is 2.33. The van der Waals surface area contributed by atoms with E-state index < -0.39 is 18.9 Å². The average molecular weight is 446 g/mol. The summed E-state index contributed by atoms with van der Waals surface area (Å²) in [5, 5.41) is 3.14. The summed E-state index contributed by atoms with van der Waals surface area (Å²) in [6, 6.07) is 7.72. The molecule has 0 aromatic carbocycles. The van der Waals surface area contributed by atoms with Gasteiger partial charge in [-0.3, -0.25) is 14.2 Å². The summed E-state index contributed by atoms with van der Waals surface area (Å²) in [5.74, 6) is -0.606. The van der Waals surface area contributed by atoms with Crippen LogP contribution in [0.1, 0.15) is 21.7 Å². The van der Waals surface area contributed by atoms with E-state index >= 15 is 0 Å². The zero-order chi connectivity index (χ0) is 23.1. The van der Waals surface area contributed by atoms with Crippen molar-refractivity contribution in [1.82, 2.24) is 29.7 Å². The van der Waals surface area contributed by atoms with Crippen LogP contribution in [0, 0.1) is 13.8 Å². The highest BCUT2D eigenvalue weighted by atomic mass is 19.3. The van der Waals surface area contributed by atoms with Crippen LogP contribution < -0.4 is 5.32 Å². The first-order valence-corrected chi connectivity index (χ1v) is 10.4. The number of aromatic amines is 1. The van der Waals surface area contributed by atoms with Crippen molar-refractivity contribution in [3.8, 4) is 22.3 Å². The van der Waals surface area contributed by atoms with Crippen molar-refractivity contribution in [2.45, 2.75) is 20.3 Å². The number of hydrogen-bond donors (Lipinski definition) is 2. The van der Waals surface area contributed by atoms with Gasteiger partial charge in [-0.1, -0.05) is 0 Å². The van der Waals surface area contributed by atoms with E-state index in [0.717, 1.165) is 44.5 Å². The van der Waals surface area contributed by atoms with E-state index in [2.05, 4.69) is 31.3 Å². The third kappa shape index (κ3) is 3.71. The summed E-state index contributed by atoms with van der Waals surface area (Å²) in [5.41, 5.74) is 7.22. The average Bonchev–Trinajstić information content (AvgIpc) is 3.41. The number of carbonyl (C=O) groups excluding carboxylic acids is 1. The van der Waals surface area contributed by atoms with E-state index in [0.29, 0.717) is 5.65 Å². The number of fused-ring (bicyclic) bond motifs is 2. The number of aryl methyl sites for hydroxylation is 2. The Labute approximate surface area is 187 Å². The topological polar surface area (TPSA) is 88.0 Å². The molecule has 1 amide bonds. The van der Waals surface area contributed by atoms with Gasteiger partial charge in [0.2, 0.25) is 0 Å². The van der Waals surface area contributed by atoms with Crippen molar-refractivity contribution in [3.63, 3.8) is 0 Å². The molecular weight excluding hydrogens is 426 g/mol. The third-order valence-corrected chi connectivity index (χ3v) is 5.63. The molecule has 0 spiro atoms. The Morgan fingerprint density at radius 3 is 2.76 bits per heavy atom. The maximum absolute atomic E-state index is 12.5. The van der Waals surface area contributed by atoms with Gasteiger partial charge in [-0.05, 0) is 43.7 Å². The van der Waals surface area contributed by atoms with Gasteiger partial charge >= 0.3 is 0 Å². The maximum atomic E-state index is 12.5. The standard InChI is InChI=1S/C24H20F2N6O/c1-13-5-6-27-14(2)22(13)16-7-17-18(9-30-23(17)29-8-16)15-3-4-21-28-10-19(32(21)12-15)24(33)31-11-20(25)26/h3-10,12,20H,11H2,1-2H3,(H,29,30)(H,31,33). The molecule has 0 aliphatic heterocycles. The Morgan fingerprint density at radius 2 is 1.97 bits per heavy atom. The van der Waals surface area contributed by atoms with E-state index in [1.165, 1.54) is 6.20 Å². The van der Waals surface area contributed by atoms with Gasteiger partial charge in [-0.15, -0.1) is 0 Å². The summed E-state index contributed by atoms with van der Waals surface area (Å²) in [4.78, 5) is 28.8. The van der Waals surface area contributed by atoms with Crippen molar-refractivity contribution in [2.75, 3.05) is 6.54 Å². The molecule has 0 unspecified atom stereocenters. The van der Waals surface area contributed by atoms with Crippen LogP contribution in [0.4, 0.5) is 8.78 Å². The molecule has 9 heteroatoms. The minimum atomic E-state index is -2.62. The SMILES string of the molecule is Cc1ccnc(C)c1-c1cnc2[nH]cc(-c3ccc4ncc(C(=O)NCC(F)F)n4c3)c2c1. The molecule has 5 heterocycles. The van der Waals surface area contributed by atoms with Crippen molar-refractivity contribution < 1.29 is 13.6 Å². The number of halogens is 2. The first kappa shape index (κ1) is 20.7. The quantitative estimate of drug-likeness (QED) is 0.415. The third-order valence-electron chi connectivity index (χ3n) is 5.63. The number of pyridine rings is 3. The number of aromatic nitrogens is 5. The minimum absolute atomic E-state index is 0.188. The molecule has 0 saturated heterocycles. The number of alkyl halides is 2. The van der Waals surface area contributed by atoms with Gasteiger partial charge < -0.3 is 10.3 Å². The smallest absolute Gasteiger partial charge is 0.270 e. The molecule has 0 fully saturated rings. The molecule has 33 heavy (non-hydrogen) atoms. The Kier molecular flexibility index (Phi) is 5.08. The lowest BCUT2D eigenvalue weighted by molar-refractivity contribution is 0.0886. The summed E-state index contributed by atoms with van der Waals surface area (Å²) in [7, 11) is 0. The molecule has 5 aromatic heterocycles. The van der Waals surface area contributed by atoms with Gasteiger partial charge in [-0.25, -0.2) is 18.7 Å². The zero-order valence-corrected chi connectivity index (χ0v) is 17.9. The van der Waals surface area contributed by atoms with Crippen molar-refractivity contribution in [2.24, 2.45) is 0 Å². The molecule has 0 atom stereocenters. The molecule has 0 bridgehead atoms. The Morgan fingerprint density at radius 1 is 1.12 bits per heavy atom. The van der Waals surface area contributed by atoms with Gasteiger partial charge in [0.25, 0.3) is 12.3 Å². The lowest BCUT2D eigenvalue weighted by Gasteiger charge is -2.09. The Bertz CT molecular complexity index is 1480. The fraction of sp³-hybridized carbons (Fsp3) is 0.167. The normalized spacial score (nSPS) is 11.5. The van der Waals surface area contributed by atoms with Crippen LogP contribution in [0.15, 0.2) is 55.2 Å². The second-order valence-corrected chi connectivity index (χ2v) is 7.80. The van der Waals surface area contributed by atoms with Crippen molar-refractivity contribution in [1.29, 1.82) is 0 Å². The second kappa shape index (κ2) is 8.09. The largest absolute Gasteiger partial charge is 0.346 e. The number of nitrogens with zero attached hydrogens (tertiary/aromatic N) is 4. The number of carbonyl (C=O) groups is 1. The van der Waals surface area contributed by atoms with Gasteiger partial charge in [0.15, 0.2) is 0 Å². The lowest BCUT2D eigenvalue weighted by Crippen LogP contribution is -2.29. The minimum Gasteiger partial charge on any atom is -0.346 e. The number of amides is 1. The maximum Gasteiger partial charge on any atom is 0.270 e. The predicted octanol–water partition coefficient (Wildman–Crippen LogP) is 4.55. The highest BCUT2D eigenvalue weighted by Gasteiger charge is 2.16. The second-order valence-electron chi connectivity index (χ2n) is 7.80. The first-order chi connectivity index (χ1) is 15.9. The van der Waals surface area contributed by atoms with Gasteiger partial charge in [0, 0.05) is 58.1 Å². The molecular formula is C24H20F2N6O. The van der Waals surface area contributed by atoms with Gasteiger partial charge in [-0.2, -0.15) is 0 Å². The highest BCUT2D eigenvalue weighted by molar-refractivity contribution is 5.97. The van der Waals surface area contributed by atoms with Crippen LogP contribution in [-0.4, -0.2) is 43.2 Å². The molecule has 7 nitrogen and oxygen atoms in total. The van der Waals surface area contributed by atoms with Crippen LogP contribution in [0.3, 0.4) is 0 Å². The predicted molar refractivity (Wildman–Crippen MR) is 121 cm³/mol. The lowest BCUT2D eigenvalue weighted by atomic mass is 9.99. The van der Waals surface area contributed by atoms with Crippen molar-refractivity contribution in [3.05, 3.63) is 72.2 Å². The fourth-order valence-electron chi connectivity index (χ4n) is 4.08. The van der Waals surface area contributed by atoms with E-state index in [-0.39, 0.29) is 5.69 Å². The van der Waals surface area contributed by atoms with Crippen LogP contribution in [-0.2, 0) is 0 Å². The van der Waals surface area contributed by atoms with Crippen LogP contribution in [0.5, 0.6) is 0 Å². The van der Waals surface area contributed by atoms with Crippen LogP contribution in [0.25, 0.3) is 38.9 Å². The number of rotatable bonds is 5. The molecule has 0 radical (unpaired) electrons. The van der Waals surface area contributed by atoms with Crippen molar-refractivity contribution >= 4 is 22.6 Å². The molecule has 0 aliphatic carbocycles. The number of hydrogen-bond acceptors (Lipinski definition) is 4. The Hall–Kier alpha value is -4.14. The number of imidazole rings is 1. The van der Waals surface area contributed by atoms with E-state index in [1.54, 1.807) is 22.9 Å². The zero-order valence-electron chi connectivity index (χ0n) is 17.9. The summed E-state index contributed by atoms with van der Waals surface area (Å²) in [6.07, 6.45) is 6.00. The summed E-state index contributed by atoms with van der Waals surface area (Å²) >= 11 is 0. The van der Waals surface area contributed by atoms with E-state index in [9.17, 15) is 13.6 Å². The first-order valence-electron chi connectivity index (χ1n) is 10.4. The van der Waals surface area contributed by atoms with E-state index in [4.69, 9.17) is 0 Å². The van der Waals surface area contributed by atoms with Gasteiger partial charge in [0.05, 0.1) is 12.7 Å². The molecule has 166 valence electrons. The monoisotopic (exact) mass is 446 g/mol.